The number of hydrogen-bond acceptors (Lipinski definition) is 15. The van der Waals surface area contributed by atoms with E-state index in [0.717, 1.165) is 0 Å². The molecule has 1 saturated heterocycles. The summed E-state index contributed by atoms with van der Waals surface area (Å²) in [6.45, 7) is 8.49. The smallest absolute Gasteiger partial charge is 0.461 e. The van der Waals surface area contributed by atoms with Crippen LogP contribution in [0.15, 0.2) is 54.7 Å². The average Bonchev–Trinajstić information content (AvgIpc) is 3.65. The maximum atomic E-state index is 14.5. The Kier molecular flexibility index (Phi) is 13.6. The van der Waals surface area contributed by atoms with Crippen LogP contribution in [-0.4, -0.2) is 80.0 Å². The maximum absolute atomic E-state index is 14.5. The lowest BCUT2D eigenvalue weighted by Gasteiger charge is -2.31. The molecule has 3 heterocycles. The average molecular weight is 810 g/mol. The lowest BCUT2D eigenvalue weighted by Crippen LogP contribution is -2.50. The fraction of sp³-hybridized carbons (Fsp3) is 0.500. The lowest BCUT2D eigenvalue weighted by atomic mass is 9.95. The van der Waals surface area contributed by atoms with Crippen molar-refractivity contribution in [2.75, 3.05) is 18.9 Å². The second-order valence-corrected chi connectivity index (χ2v) is 16.8. The van der Waals surface area contributed by atoms with Crippen LogP contribution in [0.5, 0.6) is 5.75 Å². The van der Waals surface area contributed by atoms with E-state index < -0.39 is 94.1 Å². The number of anilines is 1. The van der Waals surface area contributed by atoms with Crippen molar-refractivity contribution in [3.63, 3.8) is 0 Å². The number of rotatable bonds is 17. The molecular weight excluding hydrogens is 764 g/mol. The minimum absolute atomic E-state index is 0.0150. The van der Waals surface area contributed by atoms with E-state index in [1.54, 1.807) is 64.1 Å². The normalized spacial score (nSPS) is 21.8. The fourth-order valence-electron chi connectivity index (χ4n) is 5.24. The van der Waals surface area contributed by atoms with Crippen molar-refractivity contribution in [2.24, 2.45) is 11.8 Å². The Hall–Kier alpha value is -4.37. The number of carbonyl (C=O) groups excluding carboxylic acids is 3. The Morgan fingerprint density at radius 2 is 1.65 bits per heavy atom. The van der Waals surface area contributed by atoms with Crippen molar-refractivity contribution in [1.82, 2.24) is 14.7 Å². The van der Waals surface area contributed by atoms with Crippen LogP contribution >= 0.6 is 15.6 Å². The standard InChI is InChI=1S/C34H45N5O14P2/c1-20(2)30(40)49-28-27(26-14-13-25-24(36)15-16-37-39(25)26)51-34(17-35,29(28)50-31(41)21(3)4)19-48-54(43,52-23-11-9-8-10-12-23)38-22(5)32(42)47-18-33(6,7)53-55(44,45)46/h8-16,20-22,27-29H,18-19,36H2,1-7H3,(H,38,43)(H2,44,45,46)/t22-,27-,28-,29-,34+,54?/m0/s1. The summed E-state index contributed by atoms with van der Waals surface area (Å²) in [4.78, 5) is 57.8. The summed E-state index contributed by atoms with van der Waals surface area (Å²) in [5.74, 6) is -3.91. The van der Waals surface area contributed by atoms with Crippen molar-refractivity contribution < 1.29 is 65.8 Å². The summed E-state index contributed by atoms with van der Waals surface area (Å²) in [6, 6.07) is 13.0. The predicted molar refractivity (Wildman–Crippen MR) is 193 cm³/mol. The molecule has 1 unspecified atom stereocenters. The third-order valence-electron chi connectivity index (χ3n) is 7.98. The summed E-state index contributed by atoms with van der Waals surface area (Å²) in [5.41, 5.74) is 3.27. The molecule has 0 amide bonds. The van der Waals surface area contributed by atoms with Crippen LogP contribution in [0, 0.1) is 23.2 Å². The van der Waals surface area contributed by atoms with Crippen LogP contribution in [0.25, 0.3) is 5.52 Å². The van der Waals surface area contributed by atoms with Gasteiger partial charge in [-0.15, -0.1) is 0 Å². The number of nitrogens with two attached hydrogens (primary N) is 1. The number of phosphoric ester groups is 1. The molecule has 3 aromatic rings. The highest BCUT2D eigenvalue weighted by Gasteiger charge is 2.62. The van der Waals surface area contributed by atoms with E-state index in [1.165, 1.54) is 43.6 Å². The van der Waals surface area contributed by atoms with E-state index in [2.05, 4.69) is 14.7 Å². The molecule has 19 nitrogen and oxygen atoms in total. The van der Waals surface area contributed by atoms with E-state index in [-0.39, 0.29) is 11.4 Å². The van der Waals surface area contributed by atoms with Crippen LogP contribution < -0.4 is 15.3 Å². The Balaban J connectivity index is 1.73. The number of aromatic nitrogens is 2. The number of hydrogen-bond donors (Lipinski definition) is 4. The third kappa shape index (κ3) is 10.9. The van der Waals surface area contributed by atoms with Crippen LogP contribution in [0.2, 0.25) is 0 Å². The molecule has 0 bridgehead atoms. The van der Waals surface area contributed by atoms with Gasteiger partial charge in [-0.1, -0.05) is 45.9 Å². The highest BCUT2D eigenvalue weighted by Crippen LogP contribution is 2.50. The number of phosphoric acid groups is 1. The Labute approximate surface area is 317 Å². The number of nitrogens with zero attached hydrogens (tertiary/aromatic N) is 3. The van der Waals surface area contributed by atoms with Gasteiger partial charge in [0, 0.05) is 6.20 Å². The molecule has 5 N–H and O–H groups in total. The minimum atomic E-state index is -4.94. The zero-order valence-corrected chi connectivity index (χ0v) is 33.0. The number of carbonyl (C=O) groups is 3. The van der Waals surface area contributed by atoms with E-state index in [0.29, 0.717) is 11.2 Å². The van der Waals surface area contributed by atoms with E-state index in [4.69, 9.17) is 33.7 Å². The first kappa shape index (κ1) is 43.4. The highest BCUT2D eigenvalue weighted by atomic mass is 31.2. The molecule has 21 heteroatoms. The molecule has 1 aliphatic rings. The molecule has 0 aliphatic carbocycles. The number of nitriles is 1. The molecule has 0 saturated carbocycles. The second-order valence-electron chi connectivity index (χ2n) is 13.9. The van der Waals surface area contributed by atoms with Crippen LogP contribution in [-0.2, 0) is 51.5 Å². The summed E-state index contributed by atoms with van der Waals surface area (Å²) in [7, 11) is -9.69. The second kappa shape index (κ2) is 17.2. The van der Waals surface area contributed by atoms with E-state index in [1.807, 2.05) is 6.07 Å². The summed E-state index contributed by atoms with van der Waals surface area (Å²) in [5, 5.41) is 17.6. The Bertz CT molecular complexity index is 2000. The third-order valence-corrected chi connectivity index (χ3v) is 10.3. The predicted octanol–water partition coefficient (Wildman–Crippen LogP) is 4.00. The molecule has 1 aliphatic heterocycles. The molecule has 1 aromatic carbocycles. The van der Waals surface area contributed by atoms with Gasteiger partial charge in [-0.3, -0.25) is 23.4 Å². The van der Waals surface area contributed by atoms with Crippen LogP contribution in [0.3, 0.4) is 0 Å². The first-order chi connectivity index (χ1) is 25.6. The van der Waals surface area contributed by atoms with Gasteiger partial charge in [0.25, 0.3) is 0 Å². The van der Waals surface area contributed by atoms with Crippen molar-refractivity contribution in [2.45, 2.75) is 84.0 Å². The number of benzene rings is 1. The van der Waals surface area contributed by atoms with Crippen LogP contribution in [0.4, 0.5) is 5.69 Å². The largest absolute Gasteiger partial charge is 0.470 e. The van der Waals surface area contributed by atoms with Gasteiger partial charge in [0.05, 0.1) is 28.7 Å². The molecular formula is C34H45N5O14P2. The van der Waals surface area contributed by atoms with Crippen molar-refractivity contribution in [3.05, 3.63) is 60.4 Å². The molecule has 55 heavy (non-hydrogen) atoms. The van der Waals surface area contributed by atoms with Gasteiger partial charge < -0.3 is 39.0 Å². The first-order valence-electron chi connectivity index (χ1n) is 17.0. The molecule has 300 valence electrons. The Morgan fingerprint density at radius 3 is 2.25 bits per heavy atom. The number of nitrogens with one attached hydrogen (secondary N) is 1. The zero-order valence-electron chi connectivity index (χ0n) is 31.2. The van der Waals surface area contributed by atoms with Gasteiger partial charge in [0.1, 0.15) is 42.8 Å². The van der Waals surface area contributed by atoms with Crippen molar-refractivity contribution >= 4 is 44.7 Å². The number of para-hydroxylation sites is 1. The highest BCUT2D eigenvalue weighted by molar-refractivity contribution is 7.52. The molecule has 4 rings (SSSR count). The molecule has 0 radical (unpaired) electrons. The van der Waals surface area contributed by atoms with Crippen molar-refractivity contribution in [1.29, 1.82) is 5.26 Å². The summed E-state index contributed by atoms with van der Waals surface area (Å²) >= 11 is 0. The quantitative estimate of drug-likeness (QED) is 0.0852. The first-order valence-corrected chi connectivity index (χ1v) is 20.1. The van der Waals surface area contributed by atoms with Gasteiger partial charge in [0.2, 0.25) is 5.60 Å². The lowest BCUT2D eigenvalue weighted by molar-refractivity contribution is -0.173. The fourth-order valence-corrected chi connectivity index (χ4v) is 7.46. The molecule has 1 fully saturated rings. The maximum Gasteiger partial charge on any atom is 0.470 e. The Morgan fingerprint density at radius 1 is 1.02 bits per heavy atom. The molecule has 0 spiro atoms. The zero-order chi connectivity index (χ0) is 40.9. The number of fused-ring (bicyclic) bond motifs is 1. The molecule has 6 atom stereocenters. The summed E-state index contributed by atoms with van der Waals surface area (Å²) < 4.78 is 66.8. The number of esters is 3. The van der Waals surface area contributed by atoms with Gasteiger partial charge in [-0.25, -0.2) is 13.6 Å². The van der Waals surface area contributed by atoms with Crippen molar-refractivity contribution in [3.8, 4) is 11.8 Å². The number of ether oxygens (including phenoxy) is 4. The summed E-state index contributed by atoms with van der Waals surface area (Å²) in [6.07, 6.45) is -3.07. The molecule has 2 aromatic heterocycles. The van der Waals surface area contributed by atoms with Gasteiger partial charge in [-0.05, 0) is 51.1 Å². The topological polar surface area (TPSA) is 270 Å². The van der Waals surface area contributed by atoms with E-state index >= 15 is 0 Å². The van der Waals surface area contributed by atoms with Gasteiger partial charge >= 0.3 is 33.5 Å². The SMILES string of the molecule is CC(C)C(=O)O[C@H]1[C@H](c2ccc3c(N)ccnn23)O[C@](C#N)(COP(=O)(N[C@@H](C)C(=O)OCC(C)(C)OP(=O)(O)O)Oc2ccccc2)[C@H]1OC(=O)C(C)C. The van der Waals surface area contributed by atoms with Gasteiger partial charge in [-0.2, -0.15) is 15.4 Å². The number of nitrogen functional groups attached to an aromatic ring is 1. The minimum Gasteiger partial charge on any atom is -0.461 e. The van der Waals surface area contributed by atoms with Crippen LogP contribution in [0.1, 0.15) is 60.3 Å². The van der Waals surface area contributed by atoms with E-state index in [9.17, 15) is 38.6 Å². The van der Waals surface area contributed by atoms with Gasteiger partial charge in [0.15, 0.2) is 12.2 Å². The monoisotopic (exact) mass is 809 g/mol.